The van der Waals surface area contributed by atoms with Crippen LogP contribution in [0, 0.1) is 23.8 Å². The number of nitrogens with one attached hydrogen (secondary N) is 1. The number of aromatic nitrogens is 3. The van der Waals surface area contributed by atoms with E-state index in [9.17, 15) is 24.8 Å². The minimum atomic E-state index is -4.42. The summed E-state index contributed by atoms with van der Waals surface area (Å²) in [6.07, 6.45) is -2.03. The number of carbonyl (C=O) groups is 1. The first-order valence-electron chi connectivity index (χ1n) is 13.9. The van der Waals surface area contributed by atoms with Crippen molar-refractivity contribution in [2.24, 2.45) is 5.92 Å². The smallest absolute Gasteiger partial charge is 0.459 e. The molecule has 1 aromatic carbocycles. The molecule has 1 fully saturated rings. The molecule has 3 aromatic rings. The average molecular weight is 628 g/mol. The molecule has 0 amide bonds. The number of anilines is 1. The number of aliphatic hydroxyl groups is 2. The number of rotatable bonds is 13. The van der Waals surface area contributed by atoms with Crippen molar-refractivity contribution in [1.82, 2.24) is 19.7 Å². The fourth-order valence-electron chi connectivity index (χ4n) is 4.67. The highest BCUT2D eigenvalue weighted by Crippen LogP contribution is 2.47. The lowest BCUT2D eigenvalue weighted by Crippen LogP contribution is -2.41. The molecular weight excluding hydrogens is 593 g/mol. The van der Waals surface area contributed by atoms with Crippen LogP contribution in [0.3, 0.4) is 0 Å². The zero-order valence-electron chi connectivity index (χ0n) is 24.4. The van der Waals surface area contributed by atoms with Crippen LogP contribution in [0.2, 0.25) is 0 Å². The Morgan fingerprint density at radius 1 is 1.30 bits per heavy atom. The van der Waals surface area contributed by atoms with Crippen LogP contribution >= 0.6 is 7.75 Å². The summed E-state index contributed by atoms with van der Waals surface area (Å²) >= 11 is 0. The van der Waals surface area contributed by atoms with Gasteiger partial charge in [0.05, 0.1) is 25.5 Å². The first-order valence-corrected chi connectivity index (χ1v) is 15.4. The SMILES string of the molecule is [C-]#[N+]c1ccc(OP(=O)(N[C@@H](C)C(=O)OCC(CC)CC)OC[C@H]2O[C@@](C#N)(c3ccc4c(N)ncnn34)[C@H](O)[C@@H]2O)cc1. The molecule has 0 spiro atoms. The average Bonchev–Trinajstić information content (AvgIpc) is 3.57. The molecule has 0 aliphatic carbocycles. The Morgan fingerprint density at radius 3 is 2.64 bits per heavy atom. The van der Waals surface area contributed by atoms with Gasteiger partial charge in [0.1, 0.15) is 48.0 Å². The molecule has 1 aliphatic heterocycles. The number of nitrogens with zero attached hydrogens (tertiary/aromatic N) is 5. The Balaban J connectivity index is 1.55. The zero-order valence-corrected chi connectivity index (χ0v) is 25.3. The van der Waals surface area contributed by atoms with Gasteiger partial charge in [-0.1, -0.05) is 38.8 Å². The molecule has 3 heterocycles. The van der Waals surface area contributed by atoms with Crippen molar-refractivity contribution in [3.05, 3.63) is 59.8 Å². The Kier molecular flexibility index (Phi) is 10.2. The van der Waals surface area contributed by atoms with Crippen molar-refractivity contribution >= 4 is 30.7 Å². The van der Waals surface area contributed by atoms with Gasteiger partial charge in [0, 0.05) is 0 Å². The predicted octanol–water partition coefficient (Wildman–Crippen LogP) is 2.86. The van der Waals surface area contributed by atoms with E-state index in [1.807, 2.05) is 19.9 Å². The lowest BCUT2D eigenvalue weighted by molar-refractivity contribution is -0.146. The van der Waals surface area contributed by atoms with Crippen LogP contribution in [0.25, 0.3) is 10.4 Å². The maximum Gasteiger partial charge on any atom is 0.459 e. The van der Waals surface area contributed by atoms with Crippen LogP contribution in [0.5, 0.6) is 5.75 Å². The number of nitriles is 1. The first-order chi connectivity index (χ1) is 21.0. The Morgan fingerprint density at radius 2 is 2.00 bits per heavy atom. The van der Waals surface area contributed by atoms with Gasteiger partial charge >= 0.3 is 13.7 Å². The van der Waals surface area contributed by atoms with Gasteiger partial charge < -0.3 is 29.9 Å². The minimum Gasteiger partial charge on any atom is -0.464 e. The van der Waals surface area contributed by atoms with Crippen LogP contribution in [-0.4, -0.2) is 68.3 Å². The predicted molar refractivity (Wildman–Crippen MR) is 156 cm³/mol. The van der Waals surface area contributed by atoms with E-state index in [0.717, 1.165) is 19.2 Å². The normalized spacial score (nSPS) is 23.5. The molecular formula is C28H34N7O8P. The van der Waals surface area contributed by atoms with Gasteiger partial charge in [0.25, 0.3) is 0 Å². The molecule has 1 unspecified atom stereocenters. The molecule has 0 bridgehead atoms. The largest absolute Gasteiger partial charge is 0.464 e. The van der Waals surface area contributed by atoms with Crippen LogP contribution < -0.4 is 15.3 Å². The number of hydrogen-bond donors (Lipinski definition) is 4. The fourth-order valence-corrected chi connectivity index (χ4v) is 6.17. The highest BCUT2D eigenvalue weighted by Gasteiger charge is 2.58. The third kappa shape index (κ3) is 6.69. The number of esters is 1. The van der Waals surface area contributed by atoms with E-state index in [0.29, 0.717) is 11.2 Å². The molecule has 44 heavy (non-hydrogen) atoms. The van der Waals surface area contributed by atoms with E-state index in [1.165, 1.54) is 47.8 Å². The van der Waals surface area contributed by atoms with E-state index in [1.54, 1.807) is 0 Å². The molecule has 16 heteroatoms. The summed E-state index contributed by atoms with van der Waals surface area (Å²) in [5, 5.41) is 38.7. The zero-order chi connectivity index (χ0) is 32.1. The highest BCUT2D eigenvalue weighted by atomic mass is 31.2. The van der Waals surface area contributed by atoms with Crippen molar-refractivity contribution in [3.63, 3.8) is 0 Å². The van der Waals surface area contributed by atoms with Crippen LogP contribution in [0.15, 0.2) is 42.7 Å². The van der Waals surface area contributed by atoms with E-state index in [2.05, 4.69) is 20.0 Å². The summed E-state index contributed by atoms with van der Waals surface area (Å²) in [6, 6.07) is 9.45. The monoisotopic (exact) mass is 627 g/mol. The Labute approximate surface area is 253 Å². The van der Waals surface area contributed by atoms with Gasteiger partial charge in [-0.2, -0.15) is 15.4 Å². The summed E-state index contributed by atoms with van der Waals surface area (Å²) in [5.74, 6) is -0.347. The molecule has 1 aliphatic rings. The summed E-state index contributed by atoms with van der Waals surface area (Å²) in [4.78, 5) is 19.9. The second-order valence-electron chi connectivity index (χ2n) is 10.3. The number of benzene rings is 1. The summed E-state index contributed by atoms with van der Waals surface area (Å²) < 4.78 is 37.8. The fraction of sp³-hybridized carbons (Fsp3) is 0.464. The Hall–Kier alpha value is -4.08. The quantitative estimate of drug-likeness (QED) is 0.122. The third-order valence-electron chi connectivity index (χ3n) is 7.41. The van der Waals surface area contributed by atoms with E-state index >= 15 is 0 Å². The lowest BCUT2D eigenvalue weighted by Gasteiger charge is -2.25. The molecule has 0 radical (unpaired) electrons. The highest BCUT2D eigenvalue weighted by molar-refractivity contribution is 7.52. The van der Waals surface area contributed by atoms with Crippen molar-refractivity contribution in [2.45, 2.75) is 63.6 Å². The number of carbonyl (C=O) groups excluding carboxylic acids is 1. The molecule has 6 atom stereocenters. The molecule has 2 aromatic heterocycles. The maximum absolute atomic E-state index is 14.0. The molecule has 1 saturated heterocycles. The second-order valence-corrected chi connectivity index (χ2v) is 11.9. The number of ether oxygens (including phenoxy) is 2. The number of nitrogens with two attached hydrogens (primary N) is 1. The summed E-state index contributed by atoms with van der Waals surface area (Å²) in [7, 11) is -4.42. The second kappa shape index (κ2) is 13.7. The molecule has 234 valence electrons. The van der Waals surface area contributed by atoms with Crippen LogP contribution in [-0.2, 0) is 29.0 Å². The van der Waals surface area contributed by atoms with Gasteiger partial charge in [-0.05, 0) is 37.1 Å². The van der Waals surface area contributed by atoms with Crippen molar-refractivity contribution in [3.8, 4) is 11.8 Å². The van der Waals surface area contributed by atoms with Crippen molar-refractivity contribution in [2.75, 3.05) is 18.9 Å². The van der Waals surface area contributed by atoms with Crippen LogP contribution in [0.4, 0.5) is 11.5 Å². The molecule has 15 nitrogen and oxygen atoms in total. The van der Waals surface area contributed by atoms with Gasteiger partial charge in [-0.3, -0.25) is 9.32 Å². The van der Waals surface area contributed by atoms with E-state index in [-0.39, 0.29) is 29.8 Å². The topological polar surface area (TPSA) is 208 Å². The Bertz CT molecular complexity index is 1600. The number of aliphatic hydroxyl groups excluding tert-OH is 2. The first kappa shape index (κ1) is 32.8. The number of hydrogen-bond acceptors (Lipinski definition) is 12. The van der Waals surface area contributed by atoms with Gasteiger partial charge in [0.2, 0.25) is 5.60 Å². The van der Waals surface area contributed by atoms with Crippen LogP contribution in [0.1, 0.15) is 39.3 Å². The number of fused-ring (bicyclic) bond motifs is 1. The maximum atomic E-state index is 14.0. The molecule has 4 rings (SSSR count). The third-order valence-corrected chi connectivity index (χ3v) is 9.05. The number of nitrogen functional groups attached to an aromatic ring is 1. The summed E-state index contributed by atoms with van der Waals surface area (Å²) in [6.45, 7) is 12.1. The van der Waals surface area contributed by atoms with Gasteiger partial charge in [0.15, 0.2) is 11.5 Å². The van der Waals surface area contributed by atoms with Gasteiger partial charge in [-0.15, -0.1) is 0 Å². The summed E-state index contributed by atoms with van der Waals surface area (Å²) in [5.41, 5.74) is 4.52. The lowest BCUT2D eigenvalue weighted by atomic mass is 9.92. The van der Waals surface area contributed by atoms with Gasteiger partial charge in [-0.25, -0.2) is 18.9 Å². The molecule has 0 saturated carbocycles. The van der Waals surface area contributed by atoms with E-state index in [4.69, 9.17) is 30.8 Å². The minimum absolute atomic E-state index is 0.0575. The van der Waals surface area contributed by atoms with Crippen molar-refractivity contribution in [1.29, 1.82) is 5.26 Å². The van der Waals surface area contributed by atoms with Crippen molar-refractivity contribution < 1.29 is 38.1 Å². The molecule has 5 N–H and O–H groups in total. The standard InChI is InChI=1S/C28H34N7O8P/c1-5-18(6-2)13-40-27(38)17(3)34-44(39,43-20-9-7-19(31-4)8-10-20)41-14-22-24(36)25(37)28(15-29,42-22)23-12-11-21-26(30)32-16-33-35(21)23/h7-12,16-18,22,24-25,36-37H,5-6,13-14H2,1-3H3,(H,34,39)(H2,30,32,33)/t17-,22+,24+,25+,28-,44?/m0/s1. The van der Waals surface area contributed by atoms with E-state index < -0.39 is 50.3 Å².